The molecule has 120 valence electrons. The highest BCUT2D eigenvalue weighted by atomic mass is 79.9. The first kappa shape index (κ1) is 16.7. The number of piperazine rings is 1. The third-order valence-electron chi connectivity index (χ3n) is 4.08. The van der Waals surface area contributed by atoms with Gasteiger partial charge in [-0.15, -0.1) is 0 Å². The van der Waals surface area contributed by atoms with Crippen LogP contribution in [0.15, 0.2) is 57.5 Å². The molecule has 1 saturated heterocycles. The van der Waals surface area contributed by atoms with Gasteiger partial charge in [0.05, 0.1) is 0 Å². The fourth-order valence-electron chi connectivity index (χ4n) is 2.78. The summed E-state index contributed by atoms with van der Waals surface area (Å²) in [7, 11) is 0. The molecule has 0 spiro atoms. The van der Waals surface area contributed by atoms with E-state index in [0.717, 1.165) is 47.2 Å². The van der Waals surface area contributed by atoms with Crippen molar-refractivity contribution in [3.63, 3.8) is 0 Å². The van der Waals surface area contributed by atoms with E-state index in [-0.39, 0.29) is 5.91 Å². The van der Waals surface area contributed by atoms with Crippen LogP contribution in [-0.4, -0.2) is 41.9 Å². The lowest BCUT2D eigenvalue weighted by Crippen LogP contribution is -2.48. The van der Waals surface area contributed by atoms with Gasteiger partial charge in [-0.05, 0) is 29.8 Å². The Bertz CT molecular complexity index is 697. The highest BCUT2D eigenvalue weighted by Gasteiger charge is 2.22. The molecule has 1 aliphatic rings. The van der Waals surface area contributed by atoms with Gasteiger partial charge in [-0.2, -0.15) is 0 Å². The number of amides is 1. The number of hydrogen-bond acceptors (Lipinski definition) is 2. The van der Waals surface area contributed by atoms with Crippen LogP contribution in [0.5, 0.6) is 0 Å². The summed E-state index contributed by atoms with van der Waals surface area (Å²) in [6.45, 7) is 4.27. The van der Waals surface area contributed by atoms with E-state index in [2.05, 4.69) is 55.0 Å². The Morgan fingerprint density at radius 1 is 0.957 bits per heavy atom. The molecule has 2 aromatic carbocycles. The van der Waals surface area contributed by atoms with Crippen LogP contribution in [0.1, 0.15) is 15.9 Å². The van der Waals surface area contributed by atoms with E-state index >= 15 is 0 Å². The maximum Gasteiger partial charge on any atom is 0.253 e. The van der Waals surface area contributed by atoms with Crippen LogP contribution >= 0.6 is 31.9 Å². The zero-order valence-electron chi connectivity index (χ0n) is 12.7. The van der Waals surface area contributed by atoms with Crippen molar-refractivity contribution >= 4 is 37.8 Å². The number of carbonyl (C=O) groups is 1. The topological polar surface area (TPSA) is 23.6 Å². The predicted octanol–water partition coefficient (Wildman–Crippen LogP) is 4.17. The molecule has 1 heterocycles. The van der Waals surface area contributed by atoms with Gasteiger partial charge in [0.15, 0.2) is 0 Å². The van der Waals surface area contributed by atoms with Gasteiger partial charge in [0.25, 0.3) is 5.91 Å². The van der Waals surface area contributed by atoms with Crippen LogP contribution in [0.25, 0.3) is 0 Å². The number of nitrogens with zero attached hydrogens (tertiary/aromatic N) is 2. The van der Waals surface area contributed by atoms with Gasteiger partial charge in [0.2, 0.25) is 0 Å². The highest BCUT2D eigenvalue weighted by Crippen LogP contribution is 2.19. The van der Waals surface area contributed by atoms with E-state index in [0.29, 0.717) is 0 Å². The van der Waals surface area contributed by atoms with Crippen LogP contribution in [0.2, 0.25) is 0 Å². The summed E-state index contributed by atoms with van der Waals surface area (Å²) in [5.41, 5.74) is 2.04. The quantitative estimate of drug-likeness (QED) is 0.719. The molecule has 0 atom stereocenters. The Morgan fingerprint density at radius 2 is 1.70 bits per heavy atom. The van der Waals surface area contributed by atoms with Crippen molar-refractivity contribution in [2.24, 2.45) is 0 Å². The molecular weight excluding hydrogens is 420 g/mol. The summed E-state index contributed by atoms with van der Waals surface area (Å²) in [5.74, 6) is 0.117. The summed E-state index contributed by atoms with van der Waals surface area (Å²) in [6, 6.07) is 15.9. The number of carbonyl (C=O) groups excluding carboxylic acids is 1. The fourth-order valence-corrected chi connectivity index (χ4v) is 3.59. The van der Waals surface area contributed by atoms with Gasteiger partial charge in [0, 0.05) is 47.2 Å². The summed E-state index contributed by atoms with van der Waals surface area (Å²) in [6.07, 6.45) is 0. The second-order valence-electron chi connectivity index (χ2n) is 5.67. The van der Waals surface area contributed by atoms with Gasteiger partial charge in [-0.3, -0.25) is 9.69 Å². The third kappa shape index (κ3) is 4.22. The predicted molar refractivity (Wildman–Crippen MR) is 99.5 cm³/mol. The molecule has 1 fully saturated rings. The fraction of sp³-hybridized carbons (Fsp3) is 0.278. The summed E-state index contributed by atoms with van der Waals surface area (Å²) < 4.78 is 2.09. The maximum absolute atomic E-state index is 12.6. The first-order chi connectivity index (χ1) is 11.1. The highest BCUT2D eigenvalue weighted by molar-refractivity contribution is 9.10. The average Bonchev–Trinajstić information content (AvgIpc) is 2.57. The van der Waals surface area contributed by atoms with E-state index in [4.69, 9.17) is 0 Å². The second kappa shape index (κ2) is 7.60. The van der Waals surface area contributed by atoms with Crippen LogP contribution in [0, 0.1) is 0 Å². The molecule has 0 unspecified atom stereocenters. The van der Waals surface area contributed by atoms with Crippen molar-refractivity contribution in [1.82, 2.24) is 9.80 Å². The zero-order chi connectivity index (χ0) is 16.2. The number of halogens is 2. The average molecular weight is 438 g/mol. The minimum absolute atomic E-state index is 0.117. The van der Waals surface area contributed by atoms with Gasteiger partial charge in [-0.25, -0.2) is 0 Å². The van der Waals surface area contributed by atoms with Crippen LogP contribution in [0.3, 0.4) is 0 Å². The molecule has 3 nitrogen and oxygen atoms in total. The molecular formula is C18H18Br2N2O. The lowest BCUT2D eigenvalue weighted by molar-refractivity contribution is 0.0628. The minimum Gasteiger partial charge on any atom is -0.336 e. The first-order valence-electron chi connectivity index (χ1n) is 7.64. The Balaban J connectivity index is 1.58. The van der Waals surface area contributed by atoms with Gasteiger partial charge in [0.1, 0.15) is 0 Å². The van der Waals surface area contributed by atoms with Gasteiger partial charge < -0.3 is 4.90 Å². The standard InChI is InChI=1S/C18H18Br2N2O/c19-16-6-3-5-14(12-16)18(23)22-10-8-21(9-11-22)13-15-4-1-2-7-17(15)20/h1-7,12H,8-11,13H2. The number of benzene rings is 2. The lowest BCUT2D eigenvalue weighted by atomic mass is 10.1. The van der Waals surface area contributed by atoms with Crippen molar-refractivity contribution in [1.29, 1.82) is 0 Å². The largest absolute Gasteiger partial charge is 0.336 e. The molecule has 1 amide bonds. The maximum atomic E-state index is 12.6. The smallest absolute Gasteiger partial charge is 0.253 e. The molecule has 3 rings (SSSR count). The van der Waals surface area contributed by atoms with Crippen LogP contribution in [-0.2, 0) is 6.54 Å². The molecule has 0 radical (unpaired) electrons. The van der Waals surface area contributed by atoms with Crippen molar-refractivity contribution in [2.45, 2.75) is 6.54 Å². The molecule has 0 bridgehead atoms. The summed E-state index contributed by atoms with van der Waals surface area (Å²) in [5, 5.41) is 0. The SMILES string of the molecule is O=C(c1cccc(Br)c1)N1CCN(Cc2ccccc2Br)CC1. The molecule has 2 aromatic rings. The third-order valence-corrected chi connectivity index (χ3v) is 5.35. The van der Waals surface area contributed by atoms with Crippen LogP contribution < -0.4 is 0 Å². The Kier molecular flexibility index (Phi) is 5.51. The van der Waals surface area contributed by atoms with E-state index < -0.39 is 0 Å². The van der Waals surface area contributed by atoms with E-state index in [1.165, 1.54) is 5.56 Å². The number of rotatable bonds is 3. The zero-order valence-corrected chi connectivity index (χ0v) is 15.9. The first-order valence-corrected chi connectivity index (χ1v) is 9.23. The molecule has 0 aromatic heterocycles. The van der Waals surface area contributed by atoms with Crippen molar-refractivity contribution in [3.05, 3.63) is 68.6 Å². The van der Waals surface area contributed by atoms with Crippen molar-refractivity contribution in [3.8, 4) is 0 Å². The molecule has 0 aliphatic carbocycles. The van der Waals surface area contributed by atoms with E-state index in [1.807, 2.05) is 35.2 Å². The molecule has 23 heavy (non-hydrogen) atoms. The molecule has 5 heteroatoms. The normalized spacial score (nSPS) is 15.7. The minimum atomic E-state index is 0.117. The Morgan fingerprint density at radius 3 is 2.39 bits per heavy atom. The van der Waals surface area contributed by atoms with Crippen LogP contribution in [0.4, 0.5) is 0 Å². The van der Waals surface area contributed by atoms with E-state index in [9.17, 15) is 4.79 Å². The van der Waals surface area contributed by atoms with Gasteiger partial charge in [-0.1, -0.05) is 56.1 Å². The Labute approximate surface area is 153 Å². The summed E-state index contributed by atoms with van der Waals surface area (Å²) in [4.78, 5) is 16.9. The number of hydrogen-bond donors (Lipinski definition) is 0. The van der Waals surface area contributed by atoms with Crippen molar-refractivity contribution < 1.29 is 4.79 Å². The molecule has 1 aliphatic heterocycles. The monoisotopic (exact) mass is 436 g/mol. The van der Waals surface area contributed by atoms with E-state index in [1.54, 1.807) is 0 Å². The molecule has 0 N–H and O–H groups in total. The molecule has 0 saturated carbocycles. The summed E-state index contributed by atoms with van der Waals surface area (Å²) >= 11 is 7.02. The van der Waals surface area contributed by atoms with Gasteiger partial charge >= 0.3 is 0 Å². The lowest BCUT2D eigenvalue weighted by Gasteiger charge is -2.35. The van der Waals surface area contributed by atoms with Crippen molar-refractivity contribution in [2.75, 3.05) is 26.2 Å². The Hall–Kier alpha value is -1.17. The second-order valence-corrected chi connectivity index (χ2v) is 7.44.